The van der Waals surface area contributed by atoms with Crippen LogP contribution in [0.1, 0.15) is 40.0 Å². The van der Waals surface area contributed by atoms with E-state index >= 15 is 0 Å². The van der Waals surface area contributed by atoms with E-state index in [4.69, 9.17) is 11.6 Å². The van der Waals surface area contributed by atoms with Crippen LogP contribution in [0.15, 0.2) is 34.9 Å². The molecule has 0 aliphatic carbocycles. The first-order chi connectivity index (χ1) is 10.2. The van der Waals surface area contributed by atoms with E-state index in [-0.39, 0.29) is 18.4 Å². The first kappa shape index (κ1) is 14.3. The van der Waals surface area contributed by atoms with E-state index in [9.17, 15) is 9.59 Å². The monoisotopic (exact) mass is 304 g/mol. The van der Waals surface area contributed by atoms with Gasteiger partial charge in [-0.3, -0.25) is 14.5 Å². The van der Waals surface area contributed by atoms with E-state index in [0.29, 0.717) is 16.2 Å². The maximum Gasteiger partial charge on any atom is 0.261 e. The Labute approximate surface area is 128 Å². The second kappa shape index (κ2) is 6.00. The summed E-state index contributed by atoms with van der Waals surface area (Å²) in [6.45, 7) is 2.07. The van der Waals surface area contributed by atoms with Crippen molar-refractivity contribution in [2.75, 3.05) is 19.6 Å². The fraction of sp³-hybridized carbons (Fsp3) is 0.375. The van der Waals surface area contributed by atoms with Gasteiger partial charge in [-0.05, 0) is 44.5 Å². The minimum absolute atomic E-state index is 0.184. The van der Waals surface area contributed by atoms with Gasteiger partial charge >= 0.3 is 0 Å². The Bertz CT molecular complexity index is 579. The highest BCUT2D eigenvalue weighted by Gasteiger charge is 2.35. The number of hydrogen-bond acceptors (Lipinski definition) is 3. The number of amides is 2. The topological polar surface area (TPSA) is 49.4 Å². The lowest BCUT2D eigenvalue weighted by Gasteiger charge is -2.15. The average Bonchev–Trinajstić information content (AvgIpc) is 2.72. The number of fused-ring (bicyclic) bond motifs is 1. The third-order valence-electron chi connectivity index (χ3n) is 3.99. The summed E-state index contributed by atoms with van der Waals surface area (Å²) in [5.41, 5.74) is 2.09. The highest BCUT2D eigenvalue weighted by Crippen LogP contribution is 2.26. The number of imide groups is 1. The zero-order valence-corrected chi connectivity index (χ0v) is 12.4. The molecule has 5 heteroatoms. The number of nitrogens with one attached hydrogen (secondary N) is 1. The van der Waals surface area contributed by atoms with Crippen LogP contribution in [-0.2, 0) is 0 Å². The molecule has 0 unspecified atom stereocenters. The van der Waals surface area contributed by atoms with E-state index < -0.39 is 0 Å². The molecule has 0 atom stereocenters. The van der Waals surface area contributed by atoms with Crippen LogP contribution < -0.4 is 5.32 Å². The first-order valence-electron chi connectivity index (χ1n) is 7.21. The summed E-state index contributed by atoms with van der Waals surface area (Å²) in [4.78, 5) is 25.9. The molecule has 0 radical (unpaired) electrons. The number of nitrogens with zero attached hydrogens (tertiary/aromatic N) is 1. The Morgan fingerprint density at radius 2 is 1.76 bits per heavy atom. The summed E-state index contributed by atoms with van der Waals surface area (Å²) in [7, 11) is 0. The van der Waals surface area contributed by atoms with Crippen molar-refractivity contribution in [3.8, 4) is 0 Å². The Kier molecular flexibility index (Phi) is 4.08. The standard InChI is InChI=1S/C16H17ClN2O2/c17-14(11-4-3-8-18-9-7-11)10-19-15(20)12-5-1-2-6-13(12)16(19)21/h1-2,5-6,18H,3-4,7-10H2. The SMILES string of the molecule is O=C1c2ccccc2C(=O)N1CC(Cl)=C1CCCNCC1. The number of rotatable bonds is 2. The fourth-order valence-corrected chi connectivity index (χ4v) is 3.13. The van der Waals surface area contributed by atoms with E-state index in [0.717, 1.165) is 37.9 Å². The van der Waals surface area contributed by atoms with Gasteiger partial charge in [-0.25, -0.2) is 0 Å². The van der Waals surface area contributed by atoms with Crippen LogP contribution in [0, 0.1) is 0 Å². The molecule has 0 saturated carbocycles. The quantitative estimate of drug-likeness (QED) is 0.854. The third kappa shape index (κ3) is 2.74. The lowest BCUT2D eigenvalue weighted by Crippen LogP contribution is -2.31. The molecule has 2 heterocycles. The molecule has 2 amide bonds. The Morgan fingerprint density at radius 3 is 2.43 bits per heavy atom. The van der Waals surface area contributed by atoms with E-state index in [1.54, 1.807) is 24.3 Å². The molecule has 110 valence electrons. The lowest BCUT2D eigenvalue weighted by atomic mass is 10.1. The molecule has 1 aromatic rings. The van der Waals surface area contributed by atoms with Gasteiger partial charge < -0.3 is 5.32 Å². The van der Waals surface area contributed by atoms with Crippen molar-refractivity contribution < 1.29 is 9.59 Å². The summed E-state index contributed by atoms with van der Waals surface area (Å²) in [5, 5.41) is 3.95. The minimum Gasteiger partial charge on any atom is -0.316 e. The molecule has 3 rings (SSSR count). The van der Waals surface area contributed by atoms with Crippen molar-refractivity contribution in [1.29, 1.82) is 0 Å². The van der Waals surface area contributed by atoms with Crippen LogP contribution in [-0.4, -0.2) is 36.3 Å². The average molecular weight is 305 g/mol. The number of halogens is 1. The van der Waals surface area contributed by atoms with Gasteiger partial charge in [0.25, 0.3) is 11.8 Å². The largest absolute Gasteiger partial charge is 0.316 e. The normalized spacial score (nSPS) is 21.3. The molecule has 1 saturated heterocycles. The fourth-order valence-electron chi connectivity index (χ4n) is 2.82. The van der Waals surface area contributed by atoms with Crippen molar-refractivity contribution >= 4 is 23.4 Å². The van der Waals surface area contributed by atoms with Crippen molar-refractivity contribution in [2.24, 2.45) is 0 Å². The molecular weight excluding hydrogens is 288 g/mol. The second-order valence-electron chi connectivity index (χ2n) is 5.35. The third-order valence-corrected chi connectivity index (χ3v) is 4.38. The molecule has 1 fully saturated rings. The number of carbonyl (C=O) groups is 2. The zero-order chi connectivity index (χ0) is 14.8. The molecule has 0 bridgehead atoms. The molecular formula is C16H17ClN2O2. The maximum atomic E-state index is 12.3. The number of hydrogen-bond donors (Lipinski definition) is 1. The Balaban J connectivity index is 1.81. The molecule has 1 aromatic carbocycles. The molecule has 2 aliphatic rings. The smallest absolute Gasteiger partial charge is 0.261 e. The molecule has 1 N–H and O–H groups in total. The van der Waals surface area contributed by atoms with E-state index in [1.807, 2.05) is 0 Å². The van der Waals surface area contributed by atoms with Crippen LogP contribution in [0.4, 0.5) is 0 Å². The molecule has 2 aliphatic heterocycles. The summed E-state index contributed by atoms with van der Waals surface area (Å²) >= 11 is 6.39. The molecule has 0 spiro atoms. The van der Waals surface area contributed by atoms with Gasteiger partial charge in [0.05, 0.1) is 17.7 Å². The van der Waals surface area contributed by atoms with Crippen LogP contribution in [0.5, 0.6) is 0 Å². The molecule has 0 aromatic heterocycles. The zero-order valence-electron chi connectivity index (χ0n) is 11.7. The summed E-state index contributed by atoms with van der Waals surface area (Å²) in [5.74, 6) is -0.498. The van der Waals surface area contributed by atoms with Gasteiger partial charge in [0.1, 0.15) is 0 Å². The minimum atomic E-state index is -0.249. The van der Waals surface area contributed by atoms with Crippen molar-refractivity contribution in [2.45, 2.75) is 19.3 Å². The van der Waals surface area contributed by atoms with Gasteiger partial charge in [-0.15, -0.1) is 0 Å². The summed E-state index contributed by atoms with van der Waals surface area (Å²) < 4.78 is 0. The highest BCUT2D eigenvalue weighted by molar-refractivity contribution is 6.31. The highest BCUT2D eigenvalue weighted by atomic mass is 35.5. The molecule has 21 heavy (non-hydrogen) atoms. The van der Waals surface area contributed by atoms with Gasteiger partial charge in [-0.2, -0.15) is 0 Å². The van der Waals surface area contributed by atoms with Crippen molar-refractivity contribution in [3.63, 3.8) is 0 Å². The van der Waals surface area contributed by atoms with Crippen molar-refractivity contribution in [1.82, 2.24) is 10.2 Å². The van der Waals surface area contributed by atoms with Crippen LogP contribution >= 0.6 is 11.6 Å². The van der Waals surface area contributed by atoms with Gasteiger partial charge in [-0.1, -0.05) is 29.3 Å². The number of carbonyl (C=O) groups excluding carboxylic acids is 2. The molecule has 4 nitrogen and oxygen atoms in total. The van der Waals surface area contributed by atoms with Crippen LogP contribution in [0.25, 0.3) is 0 Å². The second-order valence-corrected chi connectivity index (χ2v) is 5.81. The number of benzene rings is 1. The Morgan fingerprint density at radius 1 is 1.10 bits per heavy atom. The summed E-state index contributed by atoms with van der Waals surface area (Å²) in [6, 6.07) is 6.91. The lowest BCUT2D eigenvalue weighted by molar-refractivity contribution is 0.0670. The van der Waals surface area contributed by atoms with Crippen molar-refractivity contribution in [3.05, 3.63) is 46.0 Å². The van der Waals surface area contributed by atoms with Crippen LogP contribution in [0.3, 0.4) is 0 Å². The van der Waals surface area contributed by atoms with Crippen LogP contribution in [0.2, 0.25) is 0 Å². The summed E-state index contributed by atoms with van der Waals surface area (Å²) in [6.07, 6.45) is 2.84. The first-order valence-corrected chi connectivity index (χ1v) is 7.58. The maximum absolute atomic E-state index is 12.3. The van der Waals surface area contributed by atoms with Gasteiger partial charge in [0.2, 0.25) is 0 Å². The predicted octanol–water partition coefficient (Wildman–Crippen LogP) is 2.55. The Hall–Kier alpha value is -1.65. The van der Waals surface area contributed by atoms with E-state index in [1.165, 1.54) is 4.90 Å². The van der Waals surface area contributed by atoms with Gasteiger partial charge in [0.15, 0.2) is 0 Å². The van der Waals surface area contributed by atoms with Gasteiger partial charge in [0, 0.05) is 5.03 Å². The predicted molar refractivity (Wildman–Crippen MR) is 81.4 cm³/mol. The van der Waals surface area contributed by atoms with E-state index in [2.05, 4.69) is 5.32 Å².